The van der Waals surface area contributed by atoms with Crippen LogP contribution in [0.4, 0.5) is 11.6 Å². The summed E-state index contributed by atoms with van der Waals surface area (Å²) in [6.07, 6.45) is 1.92. The van der Waals surface area contributed by atoms with E-state index in [9.17, 15) is 10.1 Å². The van der Waals surface area contributed by atoms with Crippen molar-refractivity contribution in [3.8, 4) is 0 Å². The van der Waals surface area contributed by atoms with E-state index in [-0.39, 0.29) is 23.9 Å². The third-order valence-electron chi connectivity index (χ3n) is 2.86. The van der Waals surface area contributed by atoms with Crippen molar-refractivity contribution in [1.82, 2.24) is 9.55 Å². The molecule has 0 amide bonds. The number of hydrogen-bond donors (Lipinski definition) is 2. The standard InChI is InChI=1S/C11H20N4O3/c1-11(2,3)8(5-6-16)13-10-9(15(17)18)12-7-14(10)4/h7-8,13,16H,5-6H2,1-4H3. The summed E-state index contributed by atoms with van der Waals surface area (Å²) in [5.74, 6) is 0.179. The maximum Gasteiger partial charge on any atom is 0.406 e. The molecule has 7 nitrogen and oxygen atoms in total. The van der Waals surface area contributed by atoms with E-state index in [0.717, 1.165) is 0 Å². The predicted octanol–water partition coefficient (Wildman–Crippen LogP) is 1.54. The van der Waals surface area contributed by atoms with Crippen LogP contribution in [0.5, 0.6) is 0 Å². The van der Waals surface area contributed by atoms with Gasteiger partial charge in [-0.15, -0.1) is 0 Å². The molecule has 2 N–H and O–H groups in total. The Balaban J connectivity index is 3.00. The lowest BCUT2D eigenvalue weighted by Gasteiger charge is -2.31. The third kappa shape index (κ3) is 3.19. The Morgan fingerprint density at radius 3 is 2.67 bits per heavy atom. The highest BCUT2D eigenvalue weighted by atomic mass is 16.6. The average molecular weight is 256 g/mol. The fraction of sp³-hybridized carbons (Fsp3) is 0.727. The Morgan fingerprint density at radius 2 is 2.22 bits per heavy atom. The number of anilines is 1. The summed E-state index contributed by atoms with van der Waals surface area (Å²) < 4.78 is 1.58. The van der Waals surface area contributed by atoms with Crippen molar-refractivity contribution in [3.63, 3.8) is 0 Å². The first kappa shape index (κ1) is 14.4. The van der Waals surface area contributed by atoms with Crippen molar-refractivity contribution in [2.75, 3.05) is 11.9 Å². The van der Waals surface area contributed by atoms with Crippen LogP contribution in [0.25, 0.3) is 0 Å². The number of aliphatic hydroxyl groups excluding tert-OH is 1. The fourth-order valence-electron chi connectivity index (χ4n) is 1.73. The Kier molecular flexibility index (Phi) is 4.28. The largest absolute Gasteiger partial charge is 0.406 e. The Labute approximate surface area is 106 Å². The van der Waals surface area contributed by atoms with Gasteiger partial charge >= 0.3 is 5.82 Å². The number of aliphatic hydroxyl groups is 1. The van der Waals surface area contributed by atoms with Gasteiger partial charge in [0.25, 0.3) is 0 Å². The van der Waals surface area contributed by atoms with Crippen LogP contribution in [0.2, 0.25) is 0 Å². The number of rotatable bonds is 5. The predicted molar refractivity (Wildman–Crippen MR) is 68.4 cm³/mol. The molecule has 1 aromatic rings. The zero-order valence-electron chi connectivity index (χ0n) is 11.2. The Morgan fingerprint density at radius 1 is 1.61 bits per heavy atom. The lowest BCUT2D eigenvalue weighted by atomic mass is 9.85. The van der Waals surface area contributed by atoms with E-state index in [2.05, 4.69) is 10.3 Å². The molecule has 18 heavy (non-hydrogen) atoms. The van der Waals surface area contributed by atoms with Gasteiger partial charge in [0, 0.05) is 19.7 Å². The summed E-state index contributed by atoms with van der Waals surface area (Å²) in [4.78, 5) is 14.1. The zero-order valence-corrected chi connectivity index (χ0v) is 11.2. The van der Waals surface area contributed by atoms with Crippen molar-refractivity contribution < 1.29 is 10.0 Å². The fourth-order valence-corrected chi connectivity index (χ4v) is 1.73. The van der Waals surface area contributed by atoms with Crippen LogP contribution in [-0.2, 0) is 7.05 Å². The maximum atomic E-state index is 10.9. The summed E-state index contributed by atoms with van der Waals surface area (Å²) in [5, 5.41) is 23.1. The van der Waals surface area contributed by atoms with Gasteiger partial charge in [-0.25, -0.2) is 0 Å². The second-order valence-electron chi connectivity index (χ2n) is 5.36. The van der Waals surface area contributed by atoms with E-state index in [1.54, 1.807) is 11.6 Å². The molecule has 1 unspecified atom stereocenters. The lowest BCUT2D eigenvalue weighted by molar-refractivity contribution is -0.388. The summed E-state index contributed by atoms with van der Waals surface area (Å²) in [6, 6.07) is -0.0726. The number of aryl methyl sites for hydroxylation is 1. The molecule has 1 atom stereocenters. The molecular formula is C11H20N4O3. The molecule has 0 spiro atoms. The highest BCUT2D eigenvalue weighted by molar-refractivity contribution is 5.52. The molecule has 0 fully saturated rings. The van der Waals surface area contributed by atoms with Crippen LogP contribution >= 0.6 is 0 Å². The van der Waals surface area contributed by atoms with Crippen molar-refractivity contribution >= 4 is 11.6 Å². The van der Waals surface area contributed by atoms with Crippen LogP contribution < -0.4 is 5.32 Å². The van der Waals surface area contributed by atoms with Crippen molar-refractivity contribution in [1.29, 1.82) is 0 Å². The average Bonchev–Trinajstić information content (AvgIpc) is 2.58. The topological polar surface area (TPSA) is 93.2 Å². The number of hydrogen-bond acceptors (Lipinski definition) is 5. The lowest BCUT2D eigenvalue weighted by Crippen LogP contribution is -2.35. The van der Waals surface area contributed by atoms with E-state index < -0.39 is 4.92 Å². The van der Waals surface area contributed by atoms with E-state index in [1.165, 1.54) is 6.33 Å². The minimum atomic E-state index is -0.513. The minimum absolute atomic E-state index is 0.0284. The van der Waals surface area contributed by atoms with Crippen molar-refractivity contribution in [2.45, 2.75) is 33.2 Å². The SMILES string of the molecule is Cn1cnc([N+](=O)[O-])c1NC(CCO)C(C)(C)C. The molecule has 1 aromatic heterocycles. The summed E-state index contributed by atoms with van der Waals surface area (Å²) in [6.45, 7) is 6.08. The second-order valence-corrected chi connectivity index (χ2v) is 5.36. The van der Waals surface area contributed by atoms with Gasteiger partial charge in [0.1, 0.15) is 0 Å². The van der Waals surface area contributed by atoms with E-state index in [0.29, 0.717) is 12.2 Å². The first-order valence-corrected chi connectivity index (χ1v) is 5.80. The first-order valence-electron chi connectivity index (χ1n) is 5.80. The maximum absolute atomic E-state index is 10.9. The second kappa shape index (κ2) is 5.34. The van der Waals surface area contributed by atoms with Gasteiger partial charge in [-0.2, -0.15) is 0 Å². The van der Waals surface area contributed by atoms with E-state index in [4.69, 9.17) is 5.11 Å². The minimum Gasteiger partial charge on any atom is -0.396 e. The molecule has 7 heteroatoms. The van der Waals surface area contributed by atoms with E-state index >= 15 is 0 Å². The summed E-state index contributed by atoms with van der Waals surface area (Å²) in [5.41, 5.74) is -0.124. The monoisotopic (exact) mass is 256 g/mol. The third-order valence-corrected chi connectivity index (χ3v) is 2.86. The zero-order chi connectivity index (χ0) is 13.9. The molecule has 1 rings (SSSR count). The molecule has 0 radical (unpaired) electrons. The van der Waals surface area contributed by atoms with Crippen molar-refractivity contribution in [3.05, 3.63) is 16.4 Å². The molecule has 0 saturated carbocycles. The van der Waals surface area contributed by atoms with Crippen LogP contribution in [0.1, 0.15) is 27.2 Å². The molecule has 0 aliphatic heterocycles. The quantitative estimate of drug-likeness (QED) is 0.615. The molecule has 0 aliphatic carbocycles. The molecule has 0 saturated heterocycles. The number of nitrogens with one attached hydrogen (secondary N) is 1. The molecule has 0 aliphatic rings. The number of aromatic nitrogens is 2. The van der Waals surface area contributed by atoms with Gasteiger partial charge in [-0.3, -0.25) is 4.57 Å². The normalized spacial score (nSPS) is 13.4. The smallest absolute Gasteiger partial charge is 0.396 e. The van der Waals surface area contributed by atoms with Gasteiger partial charge in [-0.05, 0) is 21.7 Å². The molecule has 102 valence electrons. The van der Waals surface area contributed by atoms with Crippen LogP contribution in [0.3, 0.4) is 0 Å². The van der Waals surface area contributed by atoms with Gasteiger partial charge in [0.2, 0.25) is 12.1 Å². The highest BCUT2D eigenvalue weighted by Crippen LogP contribution is 2.29. The summed E-state index contributed by atoms with van der Waals surface area (Å²) >= 11 is 0. The van der Waals surface area contributed by atoms with E-state index in [1.807, 2.05) is 20.8 Å². The first-order chi connectivity index (χ1) is 8.27. The van der Waals surface area contributed by atoms with Gasteiger partial charge in [-0.1, -0.05) is 20.8 Å². The van der Waals surface area contributed by atoms with Gasteiger partial charge in [0.15, 0.2) is 0 Å². The number of nitro groups is 1. The molecule has 0 bridgehead atoms. The Hall–Kier alpha value is -1.63. The highest BCUT2D eigenvalue weighted by Gasteiger charge is 2.29. The van der Waals surface area contributed by atoms with Gasteiger partial charge in [0.05, 0.1) is 0 Å². The number of imidazole rings is 1. The molecular weight excluding hydrogens is 236 g/mol. The molecule has 1 heterocycles. The Bertz CT molecular complexity index is 422. The summed E-state index contributed by atoms with van der Waals surface area (Å²) in [7, 11) is 1.70. The van der Waals surface area contributed by atoms with Crippen LogP contribution in [0, 0.1) is 15.5 Å². The van der Waals surface area contributed by atoms with Gasteiger partial charge < -0.3 is 20.5 Å². The van der Waals surface area contributed by atoms with Crippen molar-refractivity contribution in [2.24, 2.45) is 12.5 Å². The number of nitrogens with zero attached hydrogens (tertiary/aromatic N) is 3. The van der Waals surface area contributed by atoms with Crippen LogP contribution in [0.15, 0.2) is 6.33 Å². The van der Waals surface area contributed by atoms with Crippen LogP contribution in [-0.4, -0.2) is 32.2 Å². The molecule has 0 aromatic carbocycles.